The summed E-state index contributed by atoms with van der Waals surface area (Å²) in [5.41, 5.74) is 2.93. The number of phenols is 1. The van der Waals surface area contributed by atoms with Crippen LogP contribution >= 0.6 is 0 Å². The fourth-order valence-corrected chi connectivity index (χ4v) is 13.4. The summed E-state index contributed by atoms with van der Waals surface area (Å²) < 4.78 is 219. The molecule has 1 fully saturated rings. The Morgan fingerprint density at radius 3 is 1.12 bits per heavy atom. The number of phenolic OH excluding ortho intramolecular Hbond substituents is 1. The van der Waals surface area contributed by atoms with Gasteiger partial charge in [0.25, 0.3) is 0 Å². The summed E-state index contributed by atoms with van der Waals surface area (Å²) in [6.45, 7) is 27.6. The molecule has 642 valence electrons. The van der Waals surface area contributed by atoms with Crippen LogP contribution in [0.5, 0.6) is 28.7 Å². The van der Waals surface area contributed by atoms with Crippen molar-refractivity contribution < 1.29 is 123 Å². The molecule has 6 unspecified atom stereocenters. The Morgan fingerprint density at radius 1 is 0.504 bits per heavy atom. The molecule has 1 heterocycles. The Hall–Kier alpha value is -9.46. The van der Waals surface area contributed by atoms with E-state index in [9.17, 15) is 75.4 Å². The number of rotatable bonds is 31. The van der Waals surface area contributed by atoms with Crippen LogP contribution in [0.4, 0.5) is 39.9 Å². The van der Waals surface area contributed by atoms with Gasteiger partial charge in [-0.1, -0.05) is 174 Å². The van der Waals surface area contributed by atoms with Crippen LogP contribution in [0.2, 0.25) is 0 Å². The molecule has 0 aliphatic carbocycles. The van der Waals surface area contributed by atoms with Gasteiger partial charge in [-0.3, -0.25) is 9.59 Å². The van der Waals surface area contributed by atoms with Crippen molar-refractivity contribution in [3.05, 3.63) is 227 Å². The molecular formula is C87H105F8O19S3-. The molecule has 1 aliphatic rings. The van der Waals surface area contributed by atoms with Crippen molar-refractivity contribution in [2.45, 2.75) is 197 Å². The average Bonchev–Trinajstić information content (AvgIpc) is 0.790. The van der Waals surface area contributed by atoms with E-state index in [-0.39, 0.29) is 86.6 Å². The van der Waals surface area contributed by atoms with Crippen LogP contribution in [0, 0.1) is 63.3 Å². The molecule has 1 aliphatic heterocycles. The zero-order valence-corrected chi connectivity index (χ0v) is 70.7. The van der Waals surface area contributed by atoms with E-state index in [1.165, 1.54) is 20.2 Å². The lowest BCUT2D eigenvalue weighted by Crippen LogP contribution is -2.34. The Balaban J connectivity index is 0.000000306. The first-order valence-electron chi connectivity index (χ1n) is 37.9. The van der Waals surface area contributed by atoms with E-state index < -0.39 is 112 Å². The Bertz CT molecular complexity index is 4300. The number of benzene rings is 8. The van der Waals surface area contributed by atoms with Gasteiger partial charge in [0, 0.05) is 25.4 Å². The molecule has 8 aromatic rings. The van der Waals surface area contributed by atoms with E-state index in [4.69, 9.17) is 43.0 Å². The van der Waals surface area contributed by atoms with Crippen LogP contribution in [0.3, 0.4) is 0 Å². The van der Waals surface area contributed by atoms with Crippen LogP contribution in [0.15, 0.2) is 188 Å². The number of aromatic hydroxyl groups is 1. The van der Waals surface area contributed by atoms with E-state index in [1.54, 1.807) is 43.5 Å². The highest BCUT2D eigenvalue weighted by Crippen LogP contribution is 2.36. The summed E-state index contributed by atoms with van der Waals surface area (Å²) in [7, 11) is -9.96. The molecule has 0 spiro atoms. The minimum absolute atomic E-state index is 0.0146. The van der Waals surface area contributed by atoms with Crippen molar-refractivity contribution >= 4 is 49.2 Å². The molecule has 9 rings (SSSR count). The molecule has 117 heavy (non-hydrogen) atoms. The van der Waals surface area contributed by atoms with E-state index in [0.29, 0.717) is 41.4 Å². The third kappa shape index (κ3) is 31.7. The van der Waals surface area contributed by atoms with Gasteiger partial charge in [-0.2, -0.15) is 17.6 Å². The van der Waals surface area contributed by atoms with Crippen LogP contribution in [-0.2, 0) is 64.4 Å². The molecule has 1 saturated heterocycles. The van der Waals surface area contributed by atoms with E-state index >= 15 is 0 Å². The van der Waals surface area contributed by atoms with Gasteiger partial charge in [-0.15, -0.1) is 0 Å². The highest BCUT2D eigenvalue weighted by atomic mass is 32.2. The van der Waals surface area contributed by atoms with Crippen molar-refractivity contribution in [2.75, 3.05) is 46.8 Å². The Kier molecular flexibility index (Phi) is 41.3. The minimum atomic E-state index is -5.75. The van der Waals surface area contributed by atoms with Gasteiger partial charge < -0.3 is 56.8 Å². The predicted molar refractivity (Wildman–Crippen MR) is 425 cm³/mol. The smallest absolute Gasteiger partial charge is 0.508 e. The van der Waals surface area contributed by atoms with Gasteiger partial charge >= 0.3 is 18.1 Å². The zero-order valence-electron chi connectivity index (χ0n) is 68.3. The monoisotopic (exact) mass is 1700 g/mol. The summed E-state index contributed by atoms with van der Waals surface area (Å²) in [5.74, 6) is -18.2. The maximum Gasteiger partial charge on any atom is 0.508 e. The zero-order chi connectivity index (χ0) is 87.5. The first-order chi connectivity index (χ1) is 55.1. The quantitative estimate of drug-likeness (QED) is 0.00618. The fraction of sp³-hybridized carbons (Fsp3) is 0.414. The molecule has 19 nitrogen and oxygen atoms in total. The second-order valence-electron chi connectivity index (χ2n) is 28.6. The van der Waals surface area contributed by atoms with Gasteiger partial charge in [0.1, 0.15) is 60.5 Å². The van der Waals surface area contributed by atoms with Crippen LogP contribution in [0.1, 0.15) is 176 Å². The van der Waals surface area contributed by atoms with Gasteiger partial charge in [0.15, 0.2) is 55.6 Å². The number of ether oxygens (including phenoxy) is 9. The maximum atomic E-state index is 13.8. The molecule has 0 amide bonds. The third-order valence-electron chi connectivity index (χ3n) is 18.3. The number of carbonyl (C=O) groups excluding carboxylic acids is 3. The maximum absolute atomic E-state index is 13.8. The van der Waals surface area contributed by atoms with Gasteiger partial charge in [-0.05, 0) is 153 Å². The molecule has 0 aromatic heterocycles. The molecule has 6 atom stereocenters. The molecule has 8 aromatic carbocycles. The number of hydrogen-bond acceptors (Lipinski definition) is 19. The molecule has 0 saturated carbocycles. The summed E-state index contributed by atoms with van der Waals surface area (Å²) >= 11 is 0. The van der Waals surface area contributed by atoms with Crippen molar-refractivity contribution in [2.24, 2.45) is 16.7 Å². The molecule has 0 bridgehead atoms. The standard InChI is InChI=1S/2C19H20F4O5S.C18H15S.C11H22O3.C10H16O5.C10H14O/c2*1-3-11(2)12-5-7-13(8-6-12)27-9-4-10-28-18-14(20)16(22)19(29(24,25)26)17(23)15(18)21;1-4-10-16(11-5-1)19(17-12-6-2-7-13-17)18-14-8-3-9-15-18;1-7-8(2)9(12)14-10(13-6)11(3,4)5;1-4-10(2,3)8(11)13-5-7-6-14-9(12)15-7;1-3-8(2)9-4-6-10(11)7-5-9/h2*5-8,11H,3-4,9-10H2,1-2H3,(H,24,25,26);1-15H;8,10H,7H2,1-6H3;7H,4-6H2,1-3H3;4-8,11H,3H2,1-2H3/q;;+1;;;/p-2. The van der Waals surface area contributed by atoms with Crippen LogP contribution < -0.4 is 18.9 Å². The highest BCUT2D eigenvalue weighted by Gasteiger charge is 2.35. The summed E-state index contributed by atoms with van der Waals surface area (Å²) in [6.07, 6.45) is 3.20. The summed E-state index contributed by atoms with van der Waals surface area (Å²) in [6, 6.07) is 54.3. The highest BCUT2D eigenvalue weighted by molar-refractivity contribution is 7.97. The van der Waals surface area contributed by atoms with E-state index in [0.717, 1.165) is 36.8 Å². The van der Waals surface area contributed by atoms with Crippen molar-refractivity contribution in [3.8, 4) is 28.7 Å². The van der Waals surface area contributed by atoms with Crippen molar-refractivity contribution in [1.82, 2.24) is 0 Å². The number of esters is 2. The topological polar surface area (TPSA) is 269 Å². The molecule has 0 radical (unpaired) electrons. The lowest BCUT2D eigenvalue weighted by Gasteiger charge is -2.29. The molecular weight excluding hydrogens is 1600 g/mol. The normalized spacial score (nSPS) is 13.8. The van der Waals surface area contributed by atoms with Gasteiger partial charge in [0.2, 0.25) is 29.6 Å². The molecule has 1 N–H and O–H groups in total. The summed E-state index contributed by atoms with van der Waals surface area (Å²) in [5, 5.41) is 9.01. The number of hydrogen-bond donors (Lipinski definition) is 1. The second-order valence-corrected chi connectivity index (χ2v) is 33.2. The first kappa shape index (κ1) is 99.9. The van der Waals surface area contributed by atoms with Gasteiger partial charge in [-0.25, -0.2) is 39.2 Å². The summed E-state index contributed by atoms with van der Waals surface area (Å²) in [4.78, 5) is 33.2. The number of carbonyl (C=O) groups is 3. The minimum Gasteiger partial charge on any atom is -0.744 e. The molecule has 30 heteroatoms. The van der Waals surface area contributed by atoms with Crippen molar-refractivity contribution in [3.63, 3.8) is 0 Å². The SMILES string of the molecule is CCC(C)(C)C(=O)OCC1COC(=O)O1.CCC(C)C(=O)OC(OC)C(C)(C)C.CCC(C)c1ccc(O)cc1.CCC(C)c1ccc(OCCCOc2c(F)c(F)c(S(=O)(=O)[O-])c(F)c2F)cc1.CCC(C)c1ccc(OCCCOc2c(F)c(F)c(S(=O)(=O)[O-])c(F)c2F)cc1.c1ccc([S+](c2ccccc2)c2ccccc2)cc1. The van der Waals surface area contributed by atoms with Crippen LogP contribution in [-0.4, -0.2) is 108 Å². The predicted octanol–water partition coefficient (Wildman–Crippen LogP) is 20.8. The third-order valence-corrected chi connectivity index (χ3v) is 22.2. The first-order valence-corrected chi connectivity index (χ1v) is 41.9. The lowest BCUT2D eigenvalue weighted by atomic mass is 9.91. The second kappa shape index (κ2) is 48.4. The number of methoxy groups -OCH3 is 1. The van der Waals surface area contributed by atoms with Crippen LogP contribution in [0.25, 0.3) is 0 Å². The Morgan fingerprint density at radius 2 is 0.838 bits per heavy atom. The van der Waals surface area contributed by atoms with E-state index in [2.05, 4.69) is 137 Å². The fourth-order valence-electron chi connectivity index (χ4n) is 10.0. The largest absolute Gasteiger partial charge is 0.744 e. The number of cyclic esters (lactones) is 2. The van der Waals surface area contributed by atoms with E-state index in [1.807, 2.05) is 91.8 Å². The average molecular weight is 1700 g/mol. The van der Waals surface area contributed by atoms with Crippen molar-refractivity contribution in [1.29, 1.82) is 0 Å². The number of halogens is 8. The lowest BCUT2D eigenvalue weighted by molar-refractivity contribution is -0.199. The van der Waals surface area contributed by atoms with Gasteiger partial charge in [0.05, 0.1) is 48.7 Å². The Labute approximate surface area is 684 Å².